The lowest BCUT2D eigenvalue weighted by atomic mass is 9.96. The topological polar surface area (TPSA) is 68.8 Å². The van der Waals surface area contributed by atoms with Gasteiger partial charge in [0.05, 0.1) is 0 Å². The Bertz CT molecular complexity index is 629. The van der Waals surface area contributed by atoms with E-state index in [-0.39, 0.29) is 35.3 Å². The minimum absolute atomic E-state index is 0. The van der Waals surface area contributed by atoms with E-state index < -0.39 is 0 Å². The van der Waals surface area contributed by atoms with Gasteiger partial charge >= 0.3 is 0 Å². The van der Waals surface area contributed by atoms with Crippen molar-refractivity contribution in [2.45, 2.75) is 52.7 Å². The van der Waals surface area contributed by atoms with Crippen LogP contribution < -0.4 is 16.0 Å². The van der Waals surface area contributed by atoms with E-state index in [2.05, 4.69) is 63.1 Å². The van der Waals surface area contributed by atoms with E-state index in [0.29, 0.717) is 25.2 Å². The molecule has 2 atom stereocenters. The number of halogens is 1. The van der Waals surface area contributed by atoms with Gasteiger partial charge in [0.2, 0.25) is 5.91 Å². The number of amides is 1. The Balaban J connectivity index is 0.00000392. The van der Waals surface area contributed by atoms with Gasteiger partial charge in [-0.15, -0.1) is 24.0 Å². The van der Waals surface area contributed by atoms with Crippen molar-refractivity contribution in [2.24, 2.45) is 10.4 Å². The highest BCUT2D eigenvalue weighted by molar-refractivity contribution is 14.0. The number of likely N-dealkylation sites (tertiary alicyclic amines) is 1. The standard InChI is InChI=1S/C21H35N5O.HI/c1-16-13-18(15-26(16)14-17-9-7-6-8-10-17)25-20(22-5)24-12-11-23-19(27)21(2,3)4;/h6-10,16,18H,11-15H2,1-5H3,(H,23,27)(H2,22,24,25);1H. The molecule has 6 nitrogen and oxygen atoms in total. The first-order valence-corrected chi connectivity index (χ1v) is 9.83. The summed E-state index contributed by atoms with van der Waals surface area (Å²) >= 11 is 0. The lowest BCUT2D eigenvalue weighted by Crippen LogP contribution is -2.47. The maximum Gasteiger partial charge on any atom is 0.225 e. The predicted octanol–water partition coefficient (Wildman–Crippen LogP) is 2.59. The van der Waals surface area contributed by atoms with Gasteiger partial charge in [0, 0.05) is 50.7 Å². The molecule has 1 aromatic rings. The molecule has 7 heteroatoms. The Morgan fingerprint density at radius 3 is 2.43 bits per heavy atom. The van der Waals surface area contributed by atoms with Gasteiger partial charge in [0.25, 0.3) is 0 Å². The lowest BCUT2D eigenvalue weighted by molar-refractivity contribution is -0.128. The maximum atomic E-state index is 11.9. The molecular weight excluding hydrogens is 465 g/mol. The van der Waals surface area contributed by atoms with E-state index in [1.54, 1.807) is 7.05 Å². The molecule has 0 saturated carbocycles. The summed E-state index contributed by atoms with van der Waals surface area (Å²) in [4.78, 5) is 18.7. The Hall–Kier alpha value is -1.35. The summed E-state index contributed by atoms with van der Waals surface area (Å²) < 4.78 is 0. The highest BCUT2D eigenvalue weighted by Gasteiger charge is 2.29. The normalized spacial score (nSPS) is 20.4. The third kappa shape index (κ3) is 7.95. The second-order valence-electron chi connectivity index (χ2n) is 8.35. The van der Waals surface area contributed by atoms with E-state index in [1.807, 2.05) is 20.8 Å². The number of hydrogen-bond donors (Lipinski definition) is 3. The number of rotatable bonds is 6. The fraction of sp³-hybridized carbons (Fsp3) is 0.619. The van der Waals surface area contributed by atoms with Gasteiger partial charge in [-0.2, -0.15) is 0 Å². The summed E-state index contributed by atoms with van der Waals surface area (Å²) in [7, 11) is 1.78. The van der Waals surface area contributed by atoms with Crippen LogP contribution >= 0.6 is 24.0 Å². The van der Waals surface area contributed by atoms with Gasteiger partial charge in [-0.05, 0) is 18.9 Å². The van der Waals surface area contributed by atoms with Gasteiger partial charge in [-0.25, -0.2) is 0 Å². The van der Waals surface area contributed by atoms with Crippen molar-refractivity contribution in [3.05, 3.63) is 35.9 Å². The molecule has 2 rings (SSSR count). The summed E-state index contributed by atoms with van der Waals surface area (Å²) in [5.41, 5.74) is 0.990. The summed E-state index contributed by atoms with van der Waals surface area (Å²) in [6.45, 7) is 11.2. The van der Waals surface area contributed by atoms with Crippen molar-refractivity contribution in [3.63, 3.8) is 0 Å². The van der Waals surface area contributed by atoms with Crippen molar-refractivity contribution < 1.29 is 4.79 Å². The van der Waals surface area contributed by atoms with E-state index in [1.165, 1.54) is 5.56 Å². The molecule has 2 unspecified atom stereocenters. The second kappa shape index (κ2) is 11.6. The van der Waals surface area contributed by atoms with Crippen LogP contribution in [0.25, 0.3) is 0 Å². The molecule has 1 aromatic carbocycles. The maximum absolute atomic E-state index is 11.9. The van der Waals surface area contributed by atoms with Crippen LogP contribution in [0.1, 0.15) is 39.7 Å². The van der Waals surface area contributed by atoms with Gasteiger partial charge in [-0.3, -0.25) is 14.7 Å². The zero-order chi connectivity index (χ0) is 19.9. The molecule has 0 aromatic heterocycles. The SMILES string of the molecule is CN=C(NCCNC(=O)C(C)(C)C)NC1CC(C)N(Cc2ccccc2)C1.I. The van der Waals surface area contributed by atoms with E-state index >= 15 is 0 Å². The van der Waals surface area contributed by atoms with Crippen molar-refractivity contribution in [1.29, 1.82) is 0 Å². The molecule has 0 spiro atoms. The number of aliphatic imine (C=N–C) groups is 1. The number of benzene rings is 1. The quantitative estimate of drug-likeness (QED) is 0.243. The van der Waals surface area contributed by atoms with Gasteiger partial charge in [0.1, 0.15) is 0 Å². The number of nitrogens with one attached hydrogen (secondary N) is 3. The van der Waals surface area contributed by atoms with Crippen LogP contribution in [-0.4, -0.2) is 55.5 Å². The fourth-order valence-electron chi connectivity index (χ4n) is 3.25. The van der Waals surface area contributed by atoms with Crippen LogP contribution in [0.2, 0.25) is 0 Å². The van der Waals surface area contributed by atoms with Crippen LogP contribution in [0.3, 0.4) is 0 Å². The smallest absolute Gasteiger partial charge is 0.225 e. The summed E-state index contributed by atoms with van der Waals surface area (Å²) in [6, 6.07) is 11.5. The summed E-state index contributed by atoms with van der Waals surface area (Å²) in [5, 5.41) is 9.75. The molecule has 1 saturated heterocycles. The predicted molar refractivity (Wildman–Crippen MR) is 127 cm³/mol. The van der Waals surface area contributed by atoms with E-state index in [0.717, 1.165) is 25.5 Å². The Labute approximate surface area is 187 Å². The molecule has 28 heavy (non-hydrogen) atoms. The average molecular weight is 501 g/mol. The van der Waals surface area contributed by atoms with Crippen LogP contribution in [0.5, 0.6) is 0 Å². The number of carbonyl (C=O) groups excluding carboxylic acids is 1. The summed E-state index contributed by atoms with van der Waals surface area (Å²) in [6.07, 6.45) is 1.09. The molecule has 1 amide bonds. The Morgan fingerprint density at radius 2 is 1.82 bits per heavy atom. The lowest BCUT2D eigenvalue weighted by Gasteiger charge is -2.21. The monoisotopic (exact) mass is 501 g/mol. The number of hydrogen-bond acceptors (Lipinski definition) is 3. The molecule has 3 N–H and O–H groups in total. The first kappa shape index (κ1) is 24.7. The van der Waals surface area contributed by atoms with E-state index in [4.69, 9.17) is 0 Å². The van der Waals surface area contributed by atoms with Crippen molar-refractivity contribution in [3.8, 4) is 0 Å². The van der Waals surface area contributed by atoms with Gasteiger partial charge in [-0.1, -0.05) is 51.1 Å². The van der Waals surface area contributed by atoms with Gasteiger partial charge in [0.15, 0.2) is 5.96 Å². The molecule has 1 fully saturated rings. The third-order valence-corrected chi connectivity index (χ3v) is 4.88. The third-order valence-electron chi connectivity index (χ3n) is 4.88. The van der Waals surface area contributed by atoms with Crippen molar-refractivity contribution in [2.75, 3.05) is 26.7 Å². The molecule has 1 aliphatic heterocycles. The highest BCUT2D eigenvalue weighted by Crippen LogP contribution is 2.20. The van der Waals surface area contributed by atoms with Crippen LogP contribution in [0, 0.1) is 5.41 Å². The summed E-state index contributed by atoms with van der Waals surface area (Å²) in [5.74, 6) is 0.854. The van der Waals surface area contributed by atoms with Crippen LogP contribution in [0.15, 0.2) is 35.3 Å². The Kier molecular flexibility index (Phi) is 10.2. The average Bonchev–Trinajstić information content (AvgIpc) is 2.96. The van der Waals surface area contributed by atoms with E-state index in [9.17, 15) is 4.79 Å². The van der Waals surface area contributed by atoms with Gasteiger partial charge < -0.3 is 16.0 Å². The minimum Gasteiger partial charge on any atom is -0.355 e. The number of nitrogens with zero attached hydrogens (tertiary/aromatic N) is 2. The molecule has 0 radical (unpaired) electrons. The number of carbonyl (C=O) groups is 1. The molecule has 0 aliphatic carbocycles. The number of guanidine groups is 1. The van der Waals surface area contributed by atoms with Crippen LogP contribution in [0.4, 0.5) is 0 Å². The zero-order valence-corrected chi connectivity index (χ0v) is 20.1. The largest absolute Gasteiger partial charge is 0.355 e. The second-order valence-corrected chi connectivity index (χ2v) is 8.35. The first-order valence-electron chi connectivity index (χ1n) is 9.83. The Morgan fingerprint density at radius 1 is 1.18 bits per heavy atom. The molecule has 1 aliphatic rings. The first-order chi connectivity index (χ1) is 12.8. The van der Waals surface area contributed by atoms with Crippen molar-refractivity contribution in [1.82, 2.24) is 20.9 Å². The molecule has 1 heterocycles. The van der Waals surface area contributed by atoms with Crippen molar-refractivity contribution >= 4 is 35.8 Å². The highest BCUT2D eigenvalue weighted by atomic mass is 127. The minimum atomic E-state index is -0.359. The fourth-order valence-corrected chi connectivity index (χ4v) is 3.25. The zero-order valence-electron chi connectivity index (χ0n) is 17.8. The molecular formula is C21H36IN5O. The van der Waals surface area contributed by atoms with Crippen LogP contribution in [-0.2, 0) is 11.3 Å². The molecule has 0 bridgehead atoms. The molecule has 158 valence electrons.